The lowest BCUT2D eigenvalue weighted by atomic mass is 10.1. The van der Waals surface area contributed by atoms with Crippen molar-refractivity contribution in [2.24, 2.45) is 0 Å². The Morgan fingerprint density at radius 2 is 2.04 bits per heavy atom. The molecule has 3 aromatic rings. The Bertz CT molecular complexity index is 829. The van der Waals surface area contributed by atoms with E-state index in [1.54, 1.807) is 7.11 Å². The fourth-order valence-electron chi connectivity index (χ4n) is 2.72. The van der Waals surface area contributed by atoms with Crippen molar-refractivity contribution in [2.75, 3.05) is 25.6 Å². The van der Waals surface area contributed by atoms with Crippen molar-refractivity contribution in [2.45, 2.75) is 33.6 Å². The van der Waals surface area contributed by atoms with Crippen LogP contribution >= 0.6 is 0 Å². The third kappa shape index (κ3) is 3.01. The zero-order valence-electron chi connectivity index (χ0n) is 14.8. The van der Waals surface area contributed by atoms with Crippen molar-refractivity contribution in [3.05, 3.63) is 29.3 Å². The quantitative estimate of drug-likeness (QED) is 0.680. The smallest absolute Gasteiger partial charge is 0.176 e. The number of nitrogens with one attached hydrogen (secondary N) is 1. The molecule has 3 aromatic heterocycles. The van der Waals surface area contributed by atoms with Gasteiger partial charge in [0.25, 0.3) is 0 Å². The van der Waals surface area contributed by atoms with Gasteiger partial charge in [-0.15, -0.1) is 0 Å². The van der Waals surface area contributed by atoms with Gasteiger partial charge in [-0.25, -0.2) is 4.98 Å². The molecule has 3 heterocycles. The molecule has 0 radical (unpaired) electrons. The van der Waals surface area contributed by atoms with Crippen LogP contribution in [0.1, 0.15) is 37.0 Å². The predicted molar refractivity (Wildman–Crippen MR) is 93.4 cm³/mol. The molecular weight excluding hydrogens is 306 g/mol. The number of rotatable bonds is 6. The molecule has 0 spiro atoms. The van der Waals surface area contributed by atoms with Gasteiger partial charge in [0, 0.05) is 25.0 Å². The monoisotopic (exact) mass is 329 g/mol. The molecule has 0 bridgehead atoms. The lowest BCUT2D eigenvalue weighted by Crippen LogP contribution is -2.09. The maximum Gasteiger partial charge on any atom is 0.176 e. The van der Waals surface area contributed by atoms with Crippen LogP contribution in [0.15, 0.2) is 21.1 Å². The standard InChI is InChI=1S/C18H23N3O3/c1-10(2)15-9-13-8-14(16-11(3)21-24-12(16)4)20-18(17(13)23-15)19-6-7-22-5/h8-10H,6-7H2,1-5H3,(H,19,20). The number of aryl methyl sites for hydroxylation is 2. The van der Waals surface area contributed by atoms with Crippen LogP contribution < -0.4 is 5.32 Å². The van der Waals surface area contributed by atoms with Gasteiger partial charge in [-0.3, -0.25) is 0 Å². The molecule has 0 aliphatic heterocycles. The van der Waals surface area contributed by atoms with E-state index in [0.29, 0.717) is 24.9 Å². The van der Waals surface area contributed by atoms with Crippen molar-refractivity contribution in [1.82, 2.24) is 10.1 Å². The van der Waals surface area contributed by atoms with E-state index in [4.69, 9.17) is 18.7 Å². The molecule has 0 saturated heterocycles. The summed E-state index contributed by atoms with van der Waals surface area (Å²) >= 11 is 0. The molecule has 0 fully saturated rings. The van der Waals surface area contributed by atoms with Gasteiger partial charge in [0.1, 0.15) is 11.5 Å². The third-order valence-electron chi connectivity index (χ3n) is 3.98. The van der Waals surface area contributed by atoms with Gasteiger partial charge >= 0.3 is 0 Å². The zero-order chi connectivity index (χ0) is 17.3. The molecule has 24 heavy (non-hydrogen) atoms. The van der Waals surface area contributed by atoms with Crippen LogP contribution in [0.3, 0.4) is 0 Å². The highest BCUT2D eigenvalue weighted by molar-refractivity contribution is 5.91. The second kappa shape index (κ2) is 6.65. The maximum atomic E-state index is 6.02. The first-order chi connectivity index (χ1) is 11.5. The van der Waals surface area contributed by atoms with E-state index in [1.807, 2.05) is 19.9 Å². The van der Waals surface area contributed by atoms with Gasteiger partial charge in [-0.2, -0.15) is 0 Å². The number of hydrogen-bond donors (Lipinski definition) is 1. The minimum absolute atomic E-state index is 0.312. The van der Waals surface area contributed by atoms with Crippen molar-refractivity contribution >= 4 is 16.8 Å². The topological polar surface area (TPSA) is 73.3 Å². The molecule has 0 aromatic carbocycles. The van der Waals surface area contributed by atoms with E-state index >= 15 is 0 Å². The van der Waals surface area contributed by atoms with Crippen LogP contribution in [0, 0.1) is 13.8 Å². The zero-order valence-corrected chi connectivity index (χ0v) is 14.8. The van der Waals surface area contributed by atoms with E-state index in [2.05, 4.69) is 30.4 Å². The third-order valence-corrected chi connectivity index (χ3v) is 3.98. The first-order valence-electron chi connectivity index (χ1n) is 8.11. The molecule has 128 valence electrons. The molecule has 0 saturated carbocycles. The second-order valence-corrected chi connectivity index (χ2v) is 6.20. The number of hydrogen-bond acceptors (Lipinski definition) is 6. The summed E-state index contributed by atoms with van der Waals surface area (Å²) in [7, 11) is 1.68. The van der Waals surface area contributed by atoms with Gasteiger partial charge < -0.3 is 19.0 Å². The van der Waals surface area contributed by atoms with Crippen molar-refractivity contribution < 1.29 is 13.7 Å². The number of aromatic nitrogens is 2. The Kier molecular flexibility index (Phi) is 4.57. The highest BCUT2D eigenvalue weighted by atomic mass is 16.5. The number of nitrogens with zero attached hydrogens (tertiary/aromatic N) is 2. The number of fused-ring (bicyclic) bond motifs is 1. The van der Waals surface area contributed by atoms with Gasteiger partial charge in [-0.1, -0.05) is 19.0 Å². The molecule has 1 N–H and O–H groups in total. The largest absolute Gasteiger partial charge is 0.457 e. The van der Waals surface area contributed by atoms with Gasteiger partial charge in [0.15, 0.2) is 11.4 Å². The molecule has 0 unspecified atom stereocenters. The molecule has 6 heteroatoms. The van der Waals surface area contributed by atoms with Crippen LogP contribution in [0.25, 0.3) is 22.2 Å². The van der Waals surface area contributed by atoms with Gasteiger partial charge in [0.05, 0.1) is 23.6 Å². The Hall–Kier alpha value is -2.34. The van der Waals surface area contributed by atoms with E-state index in [0.717, 1.165) is 39.4 Å². The minimum Gasteiger partial charge on any atom is -0.457 e. The first-order valence-corrected chi connectivity index (χ1v) is 8.11. The number of furan rings is 1. The number of pyridine rings is 1. The van der Waals surface area contributed by atoms with E-state index in [9.17, 15) is 0 Å². The molecule has 3 rings (SSSR count). The van der Waals surface area contributed by atoms with E-state index in [-0.39, 0.29) is 0 Å². The SMILES string of the molecule is COCCNc1nc(-c2c(C)noc2C)cc2cc(C(C)C)oc12. The van der Waals surface area contributed by atoms with Crippen molar-refractivity contribution in [3.63, 3.8) is 0 Å². The van der Waals surface area contributed by atoms with Crippen LogP contribution in [-0.4, -0.2) is 30.4 Å². The first kappa shape index (κ1) is 16.5. The summed E-state index contributed by atoms with van der Waals surface area (Å²) in [6, 6.07) is 4.10. The molecule has 0 aliphatic carbocycles. The summed E-state index contributed by atoms with van der Waals surface area (Å²) in [5.74, 6) is 2.73. The Morgan fingerprint density at radius 3 is 2.67 bits per heavy atom. The average Bonchev–Trinajstić information content (AvgIpc) is 3.11. The fraction of sp³-hybridized carbons (Fsp3) is 0.444. The highest BCUT2D eigenvalue weighted by Crippen LogP contribution is 2.34. The van der Waals surface area contributed by atoms with Crippen LogP contribution in [0.5, 0.6) is 0 Å². The van der Waals surface area contributed by atoms with E-state index in [1.165, 1.54) is 0 Å². The minimum atomic E-state index is 0.312. The highest BCUT2D eigenvalue weighted by Gasteiger charge is 2.18. The van der Waals surface area contributed by atoms with Gasteiger partial charge in [-0.05, 0) is 26.0 Å². The van der Waals surface area contributed by atoms with Gasteiger partial charge in [0.2, 0.25) is 0 Å². The lowest BCUT2D eigenvalue weighted by molar-refractivity contribution is 0.210. The van der Waals surface area contributed by atoms with Crippen LogP contribution in [-0.2, 0) is 4.74 Å². The summed E-state index contributed by atoms with van der Waals surface area (Å²) in [6.45, 7) is 9.29. The van der Waals surface area contributed by atoms with Crippen molar-refractivity contribution in [3.8, 4) is 11.3 Å². The molecule has 0 aliphatic rings. The maximum absolute atomic E-state index is 6.02. The summed E-state index contributed by atoms with van der Waals surface area (Å²) in [5.41, 5.74) is 3.36. The Labute approximate surface area is 141 Å². The normalized spacial score (nSPS) is 11.6. The fourth-order valence-corrected chi connectivity index (χ4v) is 2.72. The molecular formula is C18H23N3O3. The molecule has 0 atom stereocenters. The van der Waals surface area contributed by atoms with Crippen molar-refractivity contribution in [1.29, 1.82) is 0 Å². The number of methoxy groups -OCH3 is 1. The van der Waals surface area contributed by atoms with E-state index < -0.39 is 0 Å². The Morgan fingerprint density at radius 1 is 1.25 bits per heavy atom. The molecule has 6 nitrogen and oxygen atoms in total. The van der Waals surface area contributed by atoms with Crippen LogP contribution in [0.4, 0.5) is 5.82 Å². The summed E-state index contributed by atoms with van der Waals surface area (Å²) in [6.07, 6.45) is 0. The average molecular weight is 329 g/mol. The number of ether oxygens (including phenoxy) is 1. The summed E-state index contributed by atoms with van der Waals surface area (Å²) in [4.78, 5) is 4.75. The second-order valence-electron chi connectivity index (χ2n) is 6.20. The lowest BCUT2D eigenvalue weighted by Gasteiger charge is -2.08. The predicted octanol–water partition coefficient (Wildman–Crippen LogP) is 4.28. The Balaban J connectivity index is 2.13. The summed E-state index contributed by atoms with van der Waals surface area (Å²) < 4.78 is 16.4. The summed E-state index contributed by atoms with van der Waals surface area (Å²) in [5, 5.41) is 8.35. The van der Waals surface area contributed by atoms with Crippen LogP contribution in [0.2, 0.25) is 0 Å². The molecule has 0 amide bonds. The number of anilines is 1.